The van der Waals surface area contributed by atoms with Crippen LogP contribution < -0.4 is 5.73 Å². The van der Waals surface area contributed by atoms with Gasteiger partial charge >= 0.3 is 0 Å². The van der Waals surface area contributed by atoms with Crippen molar-refractivity contribution in [1.82, 2.24) is 0 Å². The van der Waals surface area contributed by atoms with Gasteiger partial charge in [0.05, 0.1) is 0 Å². The minimum atomic E-state index is 0.115. The van der Waals surface area contributed by atoms with E-state index in [0.29, 0.717) is 5.92 Å². The van der Waals surface area contributed by atoms with Crippen LogP contribution in [0.25, 0.3) is 0 Å². The number of benzene rings is 1. The molecule has 3 unspecified atom stereocenters. The van der Waals surface area contributed by atoms with Crippen LogP contribution in [-0.4, -0.2) is 11.4 Å². The van der Waals surface area contributed by atoms with E-state index in [1.54, 1.807) is 0 Å². The lowest BCUT2D eigenvalue weighted by molar-refractivity contribution is -0.0221. The molecule has 0 spiro atoms. The first-order chi connectivity index (χ1) is 10.6. The van der Waals surface area contributed by atoms with E-state index in [2.05, 4.69) is 31.2 Å². The van der Waals surface area contributed by atoms with Gasteiger partial charge in [-0.1, -0.05) is 36.8 Å². The van der Waals surface area contributed by atoms with Gasteiger partial charge in [-0.15, -0.1) is 11.6 Å². The molecular formula is C20H30ClN. The predicted octanol–water partition coefficient (Wildman–Crippen LogP) is 5.25. The minimum Gasteiger partial charge on any atom is -0.325 e. The Kier molecular flexibility index (Phi) is 4.85. The molecule has 4 aliphatic carbocycles. The smallest absolute Gasteiger partial charge is 0.0231 e. The largest absolute Gasteiger partial charge is 0.325 e. The number of rotatable bonds is 2. The van der Waals surface area contributed by atoms with Crippen molar-refractivity contribution in [3.63, 3.8) is 0 Å². The molecule has 1 aromatic carbocycles. The van der Waals surface area contributed by atoms with E-state index in [9.17, 15) is 0 Å². The summed E-state index contributed by atoms with van der Waals surface area (Å²) >= 11 is 5.19. The fourth-order valence-electron chi connectivity index (χ4n) is 5.48. The summed E-state index contributed by atoms with van der Waals surface area (Å²) in [7, 11) is 0. The molecule has 2 heteroatoms. The molecular weight excluding hydrogens is 290 g/mol. The molecule has 0 radical (unpaired) electrons. The molecule has 0 aromatic heterocycles. The number of halogens is 1. The summed E-state index contributed by atoms with van der Waals surface area (Å²) in [5, 5.41) is 0. The van der Waals surface area contributed by atoms with Crippen LogP contribution in [0.4, 0.5) is 0 Å². The standard InChI is InChI=1S/C17H23N.C3H7Cl/c1-11-2-4-14(5-3-11)16-15-7-12-6-13(8-15)10-17(16,18)9-12;1-2-3-4/h2-5,12-13,15-16H,6-10,18H2,1H3;2-3H2,1H3. The summed E-state index contributed by atoms with van der Waals surface area (Å²) < 4.78 is 0. The lowest BCUT2D eigenvalue weighted by Gasteiger charge is -2.60. The van der Waals surface area contributed by atoms with Crippen LogP contribution in [0.5, 0.6) is 0 Å². The zero-order valence-corrected chi connectivity index (χ0v) is 14.8. The van der Waals surface area contributed by atoms with Crippen LogP contribution in [0.15, 0.2) is 24.3 Å². The minimum absolute atomic E-state index is 0.115. The molecule has 2 N–H and O–H groups in total. The molecule has 4 aliphatic rings. The third-order valence-electron chi connectivity index (χ3n) is 5.99. The SMILES string of the molecule is CCCCl.Cc1ccc(C2C3CC4CC(C3)CC2(N)C4)cc1. The molecule has 22 heavy (non-hydrogen) atoms. The van der Waals surface area contributed by atoms with Gasteiger partial charge in [-0.3, -0.25) is 0 Å². The van der Waals surface area contributed by atoms with E-state index < -0.39 is 0 Å². The van der Waals surface area contributed by atoms with Crippen LogP contribution in [0.3, 0.4) is 0 Å². The first-order valence-electron chi connectivity index (χ1n) is 8.97. The third kappa shape index (κ3) is 3.08. The van der Waals surface area contributed by atoms with Crippen molar-refractivity contribution >= 4 is 11.6 Å². The Bertz CT molecular complexity index is 479. The summed E-state index contributed by atoms with van der Waals surface area (Å²) in [5.74, 6) is 4.17. The van der Waals surface area contributed by atoms with E-state index in [4.69, 9.17) is 17.3 Å². The van der Waals surface area contributed by atoms with Gasteiger partial charge in [-0.25, -0.2) is 0 Å². The molecule has 0 heterocycles. The monoisotopic (exact) mass is 319 g/mol. The van der Waals surface area contributed by atoms with E-state index in [1.807, 2.05) is 6.92 Å². The molecule has 4 bridgehead atoms. The highest BCUT2D eigenvalue weighted by Gasteiger charge is 2.55. The zero-order valence-electron chi connectivity index (χ0n) is 14.0. The van der Waals surface area contributed by atoms with Crippen LogP contribution >= 0.6 is 11.6 Å². The van der Waals surface area contributed by atoms with Gasteiger partial charge in [0, 0.05) is 17.3 Å². The molecule has 0 aliphatic heterocycles. The molecule has 5 rings (SSSR count). The fourth-order valence-corrected chi connectivity index (χ4v) is 5.48. The van der Waals surface area contributed by atoms with E-state index in [1.165, 1.54) is 43.2 Å². The summed E-state index contributed by atoms with van der Waals surface area (Å²) in [5.41, 5.74) is 9.81. The Morgan fingerprint density at radius 2 is 1.64 bits per heavy atom. The van der Waals surface area contributed by atoms with Crippen molar-refractivity contribution in [2.75, 3.05) is 5.88 Å². The van der Waals surface area contributed by atoms with Gasteiger partial charge in [-0.05, 0) is 68.8 Å². The van der Waals surface area contributed by atoms with Crippen molar-refractivity contribution in [3.8, 4) is 0 Å². The first kappa shape index (κ1) is 16.3. The van der Waals surface area contributed by atoms with Crippen LogP contribution in [0.1, 0.15) is 62.5 Å². The molecule has 1 nitrogen and oxygen atoms in total. The summed E-state index contributed by atoms with van der Waals surface area (Å²) in [4.78, 5) is 0. The topological polar surface area (TPSA) is 26.0 Å². The van der Waals surface area contributed by atoms with Crippen LogP contribution in [0.2, 0.25) is 0 Å². The lowest BCUT2D eigenvalue weighted by Crippen LogP contribution is -2.60. The molecule has 122 valence electrons. The maximum absolute atomic E-state index is 6.84. The molecule has 4 saturated carbocycles. The highest BCUT2D eigenvalue weighted by molar-refractivity contribution is 6.17. The second-order valence-corrected chi connectivity index (χ2v) is 8.30. The number of hydrogen-bond acceptors (Lipinski definition) is 1. The molecule has 1 aromatic rings. The second-order valence-electron chi connectivity index (χ2n) is 7.92. The van der Waals surface area contributed by atoms with Gasteiger partial charge in [-0.2, -0.15) is 0 Å². The number of alkyl halides is 1. The Morgan fingerprint density at radius 3 is 2.09 bits per heavy atom. The van der Waals surface area contributed by atoms with E-state index in [-0.39, 0.29) is 5.54 Å². The molecule has 0 amide bonds. The summed E-state index contributed by atoms with van der Waals surface area (Å²) in [6, 6.07) is 9.17. The second kappa shape index (κ2) is 6.53. The highest BCUT2D eigenvalue weighted by atomic mass is 35.5. The van der Waals surface area contributed by atoms with Crippen LogP contribution in [-0.2, 0) is 0 Å². The summed E-state index contributed by atoms with van der Waals surface area (Å²) in [6.45, 7) is 4.21. The zero-order chi connectivity index (χ0) is 15.7. The Balaban J connectivity index is 0.000000325. The Hall–Kier alpha value is -0.530. The Morgan fingerprint density at radius 1 is 1.09 bits per heavy atom. The normalized spacial score (nSPS) is 38.5. The van der Waals surface area contributed by atoms with E-state index >= 15 is 0 Å². The van der Waals surface area contributed by atoms with Crippen molar-refractivity contribution in [2.45, 2.75) is 63.8 Å². The first-order valence-corrected chi connectivity index (χ1v) is 9.50. The van der Waals surface area contributed by atoms with Gasteiger partial charge in [0.15, 0.2) is 0 Å². The average Bonchev–Trinajstić information content (AvgIpc) is 2.47. The number of hydrogen-bond donors (Lipinski definition) is 1. The van der Waals surface area contributed by atoms with Gasteiger partial charge in [0.1, 0.15) is 0 Å². The highest BCUT2D eigenvalue weighted by Crippen LogP contribution is 2.60. The van der Waals surface area contributed by atoms with Crippen LogP contribution in [0, 0.1) is 24.7 Å². The average molecular weight is 320 g/mol. The van der Waals surface area contributed by atoms with Crippen molar-refractivity contribution in [1.29, 1.82) is 0 Å². The van der Waals surface area contributed by atoms with E-state index in [0.717, 1.165) is 30.1 Å². The maximum Gasteiger partial charge on any atom is 0.0231 e. The molecule has 3 atom stereocenters. The molecule has 4 fully saturated rings. The quantitative estimate of drug-likeness (QED) is 0.740. The third-order valence-corrected chi connectivity index (χ3v) is 6.37. The number of nitrogens with two attached hydrogens (primary N) is 1. The van der Waals surface area contributed by atoms with Crippen molar-refractivity contribution in [3.05, 3.63) is 35.4 Å². The lowest BCUT2D eigenvalue weighted by atomic mass is 9.47. The predicted molar refractivity (Wildman–Crippen MR) is 95.4 cm³/mol. The fraction of sp³-hybridized carbons (Fsp3) is 0.700. The van der Waals surface area contributed by atoms with Gasteiger partial charge in [0.2, 0.25) is 0 Å². The number of aryl methyl sites for hydroxylation is 1. The maximum atomic E-state index is 6.84. The Labute approximate surface area is 140 Å². The van der Waals surface area contributed by atoms with Gasteiger partial charge in [0.25, 0.3) is 0 Å². The molecule has 0 saturated heterocycles. The van der Waals surface area contributed by atoms with Gasteiger partial charge < -0.3 is 5.73 Å². The summed E-state index contributed by atoms with van der Waals surface area (Å²) in [6.07, 6.45) is 7.98. The van der Waals surface area contributed by atoms with Crippen molar-refractivity contribution < 1.29 is 0 Å². The van der Waals surface area contributed by atoms with Crippen molar-refractivity contribution in [2.24, 2.45) is 23.5 Å².